The van der Waals surface area contributed by atoms with Crippen LogP contribution in [0.3, 0.4) is 0 Å². The van der Waals surface area contributed by atoms with Gasteiger partial charge in [-0.2, -0.15) is 0 Å². The molecule has 1 atom stereocenters. The smallest absolute Gasteiger partial charge is 0.0626 e. The molecule has 2 rings (SSSR count). The summed E-state index contributed by atoms with van der Waals surface area (Å²) >= 11 is 0. The lowest BCUT2D eigenvalue weighted by atomic mass is 10.0. The normalized spacial score (nSPS) is 17.7. The minimum atomic E-state index is 0.0914. The maximum Gasteiger partial charge on any atom is 0.0626 e. The number of hydrogen-bond acceptors (Lipinski definition) is 2. The Bertz CT molecular complexity index is 320. The zero-order valence-corrected chi connectivity index (χ0v) is 9.24. The monoisotopic (exact) mass is 205 g/mol. The van der Waals surface area contributed by atoms with Crippen LogP contribution in [0.5, 0.6) is 0 Å². The predicted molar refractivity (Wildman–Crippen MR) is 61.9 cm³/mol. The largest absolute Gasteiger partial charge is 0.394 e. The first kappa shape index (κ1) is 10.7. The summed E-state index contributed by atoms with van der Waals surface area (Å²) in [6, 6.07) is 8.72. The summed E-state index contributed by atoms with van der Waals surface area (Å²) in [4.78, 5) is 0. The molecule has 1 aliphatic carbocycles. The van der Waals surface area contributed by atoms with Crippen molar-refractivity contribution in [3.8, 4) is 0 Å². The van der Waals surface area contributed by atoms with Gasteiger partial charge >= 0.3 is 0 Å². The Kier molecular flexibility index (Phi) is 3.39. The Hall–Kier alpha value is -0.860. The van der Waals surface area contributed by atoms with Crippen molar-refractivity contribution in [3.05, 3.63) is 35.4 Å². The van der Waals surface area contributed by atoms with Gasteiger partial charge in [-0.15, -0.1) is 0 Å². The zero-order valence-electron chi connectivity index (χ0n) is 9.24. The van der Waals surface area contributed by atoms with E-state index < -0.39 is 0 Å². The molecule has 15 heavy (non-hydrogen) atoms. The van der Waals surface area contributed by atoms with Gasteiger partial charge in [-0.1, -0.05) is 31.2 Å². The van der Waals surface area contributed by atoms with Crippen LogP contribution >= 0.6 is 0 Å². The van der Waals surface area contributed by atoms with Gasteiger partial charge in [0.05, 0.1) is 12.6 Å². The quantitative estimate of drug-likeness (QED) is 0.772. The van der Waals surface area contributed by atoms with E-state index >= 15 is 0 Å². The lowest BCUT2D eigenvalue weighted by molar-refractivity contribution is 0.246. The maximum atomic E-state index is 9.29. The van der Waals surface area contributed by atoms with Crippen LogP contribution in [-0.2, 0) is 0 Å². The molecule has 2 nitrogen and oxygen atoms in total. The van der Waals surface area contributed by atoms with E-state index in [2.05, 4.69) is 36.5 Å². The topological polar surface area (TPSA) is 32.3 Å². The molecule has 0 aliphatic heterocycles. The number of aliphatic hydroxyl groups is 1. The van der Waals surface area contributed by atoms with Gasteiger partial charge in [0.1, 0.15) is 0 Å². The molecule has 0 spiro atoms. The molecule has 1 aromatic rings. The third kappa shape index (κ3) is 2.58. The van der Waals surface area contributed by atoms with Crippen molar-refractivity contribution < 1.29 is 5.11 Å². The van der Waals surface area contributed by atoms with Gasteiger partial charge in [0.15, 0.2) is 0 Å². The number of aliphatic hydroxyl groups excluding tert-OH is 1. The third-order valence-electron chi connectivity index (χ3n) is 2.99. The molecular weight excluding hydrogens is 186 g/mol. The Morgan fingerprint density at radius 2 is 2.27 bits per heavy atom. The van der Waals surface area contributed by atoms with E-state index in [0.717, 1.165) is 12.5 Å². The van der Waals surface area contributed by atoms with Gasteiger partial charge in [-0.25, -0.2) is 0 Å². The molecule has 2 N–H and O–H groups in total. The lowest BCUT2D eigenvalue weighted by Gasteiger charge is -2.16. The van der Waals surface area contributed by atoms with E-state index in [0.29, 0.717) is 0 Å². The highest BCUT2D eigenvalue weighted by Gasteiger charge is 2.23. The Morgan fingerprint density at radius 1 is 1.47 bits per heavy atom. The van der Waals surface area contributed by atoms with Crippen molar-refractivity contribution in [1.82, 2.24) is 5.32 Å². The first-order valence-corrected chi connectivity index (χ1v) is 5.79. The van der Waals surface area contributed by atoms with Gasteiger partial charge < -0.3 is 10.4 Å². The number of nitrogens with one attached hydrogen (secondary N) is 1. The highest BCUT2D eigenvalue weighted by atomic mass is 16.3. The molecular formula is C13H19NO. The van der Waals surface area contributed by atoms with Crippen LogP contribution < -0.4 is 5.32 Å². The molecule has 1 aromatic carbocycles. The van der Waals surface area contributed by atoms with E-state index in [1.807, 2.05) is 0 Å². The highest BCUT2D eigenvalue weighted by molar-refractivity contribution is 5.31. The summed E-state index contributed by atoms with van der Waals surface area (Å²) in [6.07, 6.45) is 2.66. The summed E-state index contributed by atoms with van der Waals surface area (Å²) in [5.74, 6) is 0.783. The zero-order chi connectivity index (χ0) is 10.7. The molecule has 0 bridgehead atoms. The highest BCUT2D eigenvalue weighted by Crippen LogP contribution is 2.40. The first-order valence-electron chi connectivity index (χ1n) is 5.79. The molecule has 1 unspecified atom stereocenters. The van der Waals surface area contributed by atoms with Crippen LogP contribution in [0.25, 0.3) is 0 Å². The maximum absolute atomic E-state index is 9.29. The van der Waals surface area contributed by atoms with E-state index in [-0.39, 0.29) is 12.6 Å². The van der Waals surface area contributed by atoms with Crippen LogP contribution in [0.1, 0.15) is 42.9 Å². The molecule has 0 aromatic heterocycles. The molecule has 0 amide bonds. The van der Waals surface area contributed by atoms with Crippen molar-refractivity contribution in [3.63, 3.8) is 0 Å². The summed E-state index contributed by atoms with van der Waals surface area (Å²) in [5.41, 5.74) is 2.65. The molecule has 2 heteroatoms. The van der Waals surface area contributed by atoms with E-state index in [4.69, 9.17) is 0 Å². The number of hydrogen-bond donors (Lipinski definition) is 2. The van der Waals surface area contributed by atoms with Crippen LogP contribution in [0.4, 0.5) is 0 Å². The summed E-state index contributed by atoms with van der Waals surface area (Å²) in [5, 5.41) is 12.6. The van der Waals surface area contributed by atoms with Gasteiger partial charge in [0, 0.05) is 0 Å². The third-order valence-corrected chi connectivity index (χ3v) is 2.99. The number of rotatable bonds is 5. The fourth-order valence-corrected chi connectivity index (χ4v) is 1.98. The lowest BCUT2D eigenvalue weighted by Crippen LogP contribution is -2.23. The molecule has 1 aliphatic rings. The molecule has 0 heterocycles. The van der Waals surface area contributed by atoms with Crippen LogP contribution in [-0.4, -0.2) is 18.3 Å². The Morgan fingerprint density at radius 3 is 2.87 bits per heavy atom. The molecule has 1 fully saturated rings. The fourth-order valence-electron chi connectivity index (χ4n) is 1.98. The molecule has 0 radical (unpaired) electrons. The SMILES string of the molecule is CCNC(CO)c1cccc(C2CC2)c1. The molecule has 1 saturated carbocycles. The molecule has 82 valence electrons. The van der Waals surface area contributed by atoms with Gasteiger partial charge in [-0.05, 0) is 36.4 Å². The standard InChI is InChI=1S/C13H19NO/c1-2-14-13(9-15)12-5-3-4-11(8-12)10-6-7-10/h3-5,8,10,13-15H,2,6-7,9H2,1H3. The summed E-state index contributed by atoms with van der Waals surface area (Å²) in [7, 11) is 0. The van der Waals surface area contributed by atoms with Crippen LogP contribution in [0.2, 0.25) is 0 Å². The van der Waals surface area contributed by atoms with Crippen molar-refractivity contribution in [2.75, 3.05) is 13.2 Å². The first-order chi connectivity index (χ1) is 7.35. The van der Waals surface area contributed by atoms with Crippen molar-refractivity contribution in [1.29, 1.82) is 0 Å². The summed E-state index contributed by atoms with van der Waals surface area (Å²) < 4.78 is 0. The van der Waals surface area contributed by atoms with Gasteiger partial charge in [-0.3, -0.25) is 0 Å². The minimum absolute atomic E-state index is 0.0914. The van der Waals surface area contributed by atoms with E-state index in [1.54, 1.807) is 0 Å². The van der Waals surface area contributed by atoms with Crippen LogP contribution in [0, 0.1) is 0 Å². The second-order valence-electron chi connectivity index (χ2n) is 4.24. The predicted octanol–water partition coefficient (Wildman–Crippen LogP) is 2.21. The van der Waals surface area contributed by atoms with Gasteiger partial charge in [0.2, 0.25) is 0 Å². The number of benzene rings is 1. The Labute approximate surface area is 91.3 Å². The van der Waals surface area contributed by atoms with Crippen molar-refractivity contribution in [2.24, 2.45) is 0 Å². The second-order valence-corrected chi connectivity index (χ2v) is 4.24. The number of likely N-dealkylation sites (N-methyl/N-ethyl adjacent to an activating group) is 1. The molecule has 0 saturated heterocycles. The summed E-state index contributed by atoms with van der Waals surface area (Å²) in [6.45, 7) is 3.12. The minimum Gasteiger partial charge on any atom is -0.394 e. The van der Waals surface area contributed by atoms with Gasteiger partial charge in [0.25, 0.3) is 0 Å². The van der Waals surface area contributed by atoms with E-state index in [9.17, 15) is 5.11 Å². The average Bonchev–Trinajstić information content (AvgIpc) is 3.10. The fraction of sp³-hybridized carbons (Fsp3) is 0.538. The Balaban J connectivity index is 2.14. The van der Waals surface area contributed by atoms with E-state index in [1.165, 1.54) is 24.0 Å². The average molecular weight is 205 g/mol. The second kappa shape index (κ2) is 4.77. The van der Waals surface area contributed by atoms with Crippen molar-refractivity contribution in [2.45, 2.75) is 31.7 Å². The van der Waals surface area contributed by atoms with Crippen LogP contribution in [0.15, 0.2) is 24.3 Å². The van der Waals surface area contributed by atoms with Crippen molar-refractivity contribution >= 4 is 0 Å².